The molecule has 0 aromatic heterocycles. The third-order valence-corrected chi connectivity index (χ3v) is 8.48. The van der Waals surface area contributed by atoms with E-state index in [-0.39, 0.29) is 37.7 Å². The van der Waals surface area contributed by atoms with Crippen molar-refractivity contribution in [2.75, 3.05) is 23.7 Å². The molecule has 3 aromatic carbocycles. The first-order valence-corrected chi connectivity index (χ1v) is 16.2. The monoisotopic (exact) mass is 597 g/mol. The minimum absolute atomic E-state index is 0.0654. The van der Waals surface area contributed by atoms with Crippen LogP contribution >= 0.6 is 11.6 Å². The number of anilines is 1. The van der Waals surface area contributed by atoms with Crippen molar-refractivity contribution in [3.8, 4) is 0 Å². The average molecular weight is 598 g/mol. The van der Waals surface area contributed by atoms with Gasteiger partial charge in [0.05, 0.1) is 11.9 Å². The Bertz CT molecular complexity index is 1400. The van der Waals surface area contributed by atoms with Crippen LogP contribution in [0.4, 0.5) is 5.69 Å². The van der Waals surface area contributed by atoms with Crippen molar-refractivity contribution in [1.29, 1.82) is 0 Å². The molecule has 7 nitrogen and oxygen atoms in total. The second kappa shape index (κ2) is 15.6. The summed E-state index contributed by atoms with van der Waals surface area (Å²) in [6.07, 6.45) is 3.63. The highest BCUT2D eigenvalue weighted by Gasteiger charge is 2.31. The van der Waals surface area contributed by atoms with E-state index in [2.05, 4.69) is 12.2 Å². The first-order chi connectivity index (χ1) is 19.6. The predicted molar refractivity (Wildman–Crippen MR) is 166 cm³/mol. The van der Waals surface area contributed by atoms with Gasteiger partial charge in [0.15, 0.2) is 0 Å². The molecular weight excluding hydrogens is 558 g/mol. The molecule has 0 bridgehead atoms. The topological polar surface area (TPSA) is 86.8 Å². The average Bonchev–Trinajstić information content (AvgIpc) is 2.94. The number of hydrogen-bond acceptors (Lipinski definition) is 4. The number of benzene rings is 3. The number of carbonyl (C=O) groups is 2. The van der Waals surface area contributed by atoms with Gasteiger partial charge in [-0.1, -0.05) is 91.7 Å². The lowest BCUT2D eigenvalue weighted by atomic mass is 10.0. The van der Waals surface area contributed by atoms with Gasteiger partial charge in [0.1, 0.15) is 6.04 Å². The van der Waals surface area contributed by atoms with Crippen LogP contribution in [-0.4, -0.2) is 50.5 Å². The number of sulfonamides is 1. The van der Waals surface area contributed by atoms with E-state index in [0.29, 0.717) is 23.7 Å². The third-order valence-electron chi connectivity index (χ3n) is 6.94. The Labute approximate surface area is 249 Å². The Morgan fingerprint density at radius 3 is 2.24 bits per heavy atom. The van der Waals surface area contributed by atoms with Crippen LogP contribution in [0.5, 0.6) is 0 Å². The number of nitrogens with one attached hydrogen (secondary N) is 1. The Balaban J connectivity index is 1.88. The Hall–Kier alpha value is -3.36. The van der Waals surface area contributed by atoms with Gasteiger partial charge in [-0.15, -0.1) is 0 Å². The fourth-order valence-electron chi connectivity index (χ4n) is 4.70. The summed E-state index contributed by atoms with van der Waals surface area (Å²) in [5, 5.41) is 3.52. The van der Waals surface area contributed by atoms with E-state index >= 15 is 0 Å². The van der Waals surface area contributed by atoms with Crippen LogP contribution in [0.1, 0.15) is 49.3 Å². The number of nitrogens with zero attached hydrogens (tertiary/aromatic N) is 2. The summed E-state index contributed by atoms with van der Waals surface area (Å²) in [7, 11) is -3.57. The van der Waals surface area contributed by atoms with Crippen molar-refractivity contribution < 1.29 is 18.0 Å². The molecule has 0 aliphatic rings. The first-order valence-electron chi connectivity index (χ1n) is 14.0. The molecule has 0 aliphatic carbocycles. The number of carbonyl (C=O) groups excluding carboxylic acids is 2. The van der Waals surface area contributed by atoms with Crippen LogP contribution < -0.4 is 9.62 Å². The number of hydrogen-bond donors (Lipinski definition) is 1. The van der Waals surface area contributed by atoms with E-state index < -0.39 is 16.1 Å². The molecule has 0 aliphatic heterocycles. The number of halogens is 1. The van der Waals surface area contributed by atoms with Crippen molar-refractivity contribution in [2.45, 2.75) is 58.5 Å². The highest BCUT2D eigenvalue weighted by atomic mass is 35.5. The molecule has 9 heteroatoms. The molecule has 0 saturated carbocycles. The van der Waals surface area contributed by atoms with Crippen LogP contribution in [0.25, 0.3) is 0 Å². The normalized spacial score (nSPS) is 12.0. The Morgan fingerprint density at radius 1 is 0.927 bits per heavy atom. The third kappa shape index (κ3) is 9.61. The molecule has 3 aromatic rings. The second-order valence-corrected chi connectivity index (χ2v) is 12.5. The molecule has 41 heavy (non-hydrogen) atoms. The standard InChI is InChI=1S/C32H40ClN3O4S/c1-4-5-21-34-32(38)30(23-26-15-7-6-8-16-26)35(24-27-17-10-11-18-28(27)33)31(37)20-13-22-36(41(3,39)40)29-19-12-9-14-25(29)2/h6-12,14-19,30H,4-5,13,20-24H2,1-3H3,(H,34,38). The zero-order chi connectivity index (χ0) is 29.8. The van der Waals surface area contributed by atoms with Gasteiger partial charge in [-0.25, -0.2) is 8.42 Å². The summed E-state index contributed by atoms with van der Waals surface area (Å²) in [6, 6.07) is 23.4. The number of aryl methyl sites for hydroxylation is 1. The molecule has 0 radical (unpaired) electrons. The van der Waals surface area contributed by atoms with Gasteiger partial charge >= 0.3 is 0 Å². The van der Waals surface area contributed by atoms with E-state index in [1.54, 1.807) is 23.1 Å². The molecule has 220 valence electrons. The van der Waals surface area contributed by atoms with E-state index in [9.17, 15) is 18.0 Å². The molecule has 0 heterocycles. The highest BCUT2D eigenvalue weighted by Crippen LogP contribution is 2.24. The van der Waals surface area contributed by atoms with Crippen LogP contribution in [0.15, 0.2) is 78.9 Å². The number of amides is 2. The summed E-state index contributed by atoms with van der Waals surface area (Å²) in [5.41, 5.74) is 3.09. The molecule has 0 saturated heterocycles. The largest absolute Gasteiger partial charge is 0.354 e. The van der Waals surface area contributed by atoms with E-state index in [1.807, 2.05) is 67.6 Å². The molecule has 0 fully saturated rings. The smallest absolute Gasteiger partial charge is 0.243 e. The first kappa shape index (κ1) is 32.2. The number of unbranched alkanes of at least 4 members (excludes halogenated alkanes) is 1. The summed E-state index contributed by atoms with van der Waals surface area (Å²) in [4.78, 5) is 29.0. The van der Waals surface area contributed by atoms with Gasteiger partial charge in [0.25, 0.3) is 0 Å². The number of rotatable bonds is 15. The summed E-state index contributed by atoms with van der Waals surface area (Å²) in [5.74, 6) is -0.463. The van der Waals surface area contributed by atoms with Crippen LogP contribution in [-0.2, 0) is 32.6 Å². The zero-order valence-corrected chi connectivity index (χ0v) is 25.6. The van der Waals surface area contributed by atoms with Gasteiger partial charge in [-0.3, -0.25) is 13.9 Å². The van der Waals surface area contributed by atoms with E-state index in [1.165, 1.54) is 10.6 Å². The molecule has 1 atom stereocenters. The van der Waals surface area contributed by atoms with Crippen LogP contribution in [0.3, 0.4) is 0 Å². The minimum atomic E-state index is -3.57. The predicted octanol–water partition coefficient (Wildman–Crippen LogP) is 5.75. The van der Waals surface area contributed by atoms with Crippen LogP contribution in [0.2, 0.25) is 5.02 Å². The lowest BCUT2D eigenvalue weighted by Crippen LogP contribution is -2.50. The minimum Gasteiger partial charge on any atom is -0.354 e. The Morgan fingerprint density at radius 2 is 1.59 bits per heavy atom. The van der Waals surface area contributed by atoms with Gasteiger partial charge in [0.2, 0.25) is 21.8 Å². The van der Waals surface area contributed by atoms with Gasteiger partial charge in [0, 0.05) is 37.5 Å². The lowest BCUT2D eigenvalue weighted by Gasteiger charge is -2.32. The van der Waals surface area contributed by atoms with Crippen molar-refractivity contribution in [3.05, 3.63) is 101 Å². The maximum absolute atomic E-state index is 13.9. The maximum Gasteiger partial charge on any atom is 0.243 e. The van der Waals surface area contributed by atoms with E-state index in [4.69, 9.17) is 11.6 Å². The summed E-state index contributed by atoms with van der Waals surface area (Å²) in [6.45, 7) is 4.73. The number of para-hydroxylation sites is 1. The quantitative estimate of drug-likeness (QED) is 0.226. The molecule has 1 N–H and O–H groups in total. The fraction of sp³-hybridized carbons (Fsp3) is 0.375. The van der Waals surface area contributed by atoms with Gasteiger partial charge in [-0.2, -0.15) is 0 Å². The van der Waals surface area contributed by atoms with Crippen molar-refractivity contribution in [3.63, 3.8) is 0 Å². The highest BCUT2D eigenvalue weighted by molar-refractivity contribution is 7.92. The van der Waals surface area contributed by atoms with Crippen molar-refractivity contribution >= 4 is 39.1 Å². The van der Waals surface area contributed by atoms with Crippen molar-refractivity contribution in [2.24, 2.45) is 0 Å². The molecular formula is C32H40ClN3O4S. The Kier molecular flexibility index (Phi) is 12.2. The SMILES string of the molecule is CCCCNC(=O)C(Cc1ccccc1)N(Cc1ccccc1Cl)C(=O)CCCN(c1ccccc1C)S(C)(=O)=O. The summed E-state index contributed by atoms with van der Waals surface area (Å²) < 4.78 is 26.7. The molecule has 0 spiro atoms. The summed E-state index contributed by atoms with van der Waals surface area (Å²) >= 11 is 6.49. The lowest BCUT2D eigenvalue weighted by molar-refractivity contribution is -0.141. The van der Waals surface area contributed by atoms with Gasteiger partial charge < -0.3 is 10.2 Å². The van der Waals surface area contributed by atoms with Crippen molar-refractivity contribution in [1.82, 2.24) is 10.2 Å². The zero-order valence-electron chi connectivity index (χ0n) is 24.1. The van der Waals surface area contributed by atoms with Crippen LogP contribution in [0, 0.1) is 6.92 Å². The van der Waals surface area contributed by atoms with E-state index in [0.717, 1.165) is 29.5 Å². The second-order valence-electron chi connectivity index (χ2n) is 10.2. The maximum atomic E-state index is 13.9. The van der Waals surface area contributed by atoms with Gasteiger partial charge in [-0.05, 0) is 48.6 Å². The molecule has 1 unspecified atom stereocenters. The fourth-order valence-corrected chi connectivity index (χ4v) is 5.91. The molecule has 2 amide bonds. The molecule has 3 rings (SSSR count).